The average molecular weight is 677 g/mol. The number of carbonyl (C=O) groups is 4. The number of fused-ring (bicyclic) bond motifs is 1. The smallest absolute Gasteiger partial charge is 0.411 e. The Balaban J connectivity index is 1.31. The fourth-order valence-electron chi connectivity index (χ4n) is 5.91. The van der Waals surface area contributed by atoms with Gasteiger partial charge in [0.15, 0.2) is 17.4 Å². The standard InChI is InChI=1S/C37H38F2N2O8/c1-22(2)28-18-26(49-27-11-13-29(38)30(39)19-27)12-14-31(28)40-37(45)48-21-24-9-8-23-20-41(36(44)34(23)35(24)47-17-16-46-3)32-15-10-25(42)6-4-5-7-33(32)43/h8-9,11-14,18-19,32H,1,4-7,10,15-17,20-21H2,2-3H3,(H,40,45). The highest BCUT2D eigenvalue weighted by molar-refractivity contribution is 6.04. The van der Waals surface area contributed by atoms with E-state index in [2.05, 4.69) is 11.9 Å². The predicted octanol–water partition coefficient (Wildman–Crippen LogP) is 7.38. The van der Waals surface area contributed by atoms with Crippen LogP contribution in [-0.2, 0) is 32.2 Å². The molecule has 1 N–H and O–H groups in total. The van der Waals surface area contributed by atoms with E-state index >= 15 is 0 Å². The van der Waals surface area contributed by atoms with Crippen LogP contribution in [0.1, 0.15) is 72.5 Å². The van der Waals surface area contributed by atoms with Crippen molar-refractivity contribution in [1.29, 1.82) is 0 Å². The van der Waals surface area contributed by atoms with Crippen molar-refractivity contribution in [2.24, 2.45) is 0 Å². The molecular weight excluding hydrogens is 638 g/mol. The molecule has 1 heterocycles. The number of anilines is 1. The van der Waals surface area contributed by atoms with Gasteiger partial charge >= 0.3 is 6.09 Å². The van der Waals surface area contributed by atoms with Gasteiger partial charge in [-0.25, -0.2) is 13.6 Å². The Morgan fingerprint density at radius 1 is 0.959 bits per heavy atom. The van der Waals surface area contributed by atoms with Crippen LogP contribution in [0.15, 0.2) is 55.1 Å². The first kappa shape index (κ1) is 35.2. The lowest BCUT2D eigenvalue weighted by molar-refractivity contribution is -0.124. The number of ether oxygens (including phenoxy) is 4. The summed E-state index contributed by atoms with van der Waals surface area (Å²) in [7, 11) is 1.52. The number of nitrogens with one attached hydrogen (secondary N) is 1. The molecule has 10 nitrogen and oxygen atoms in total. The minimum Gasteiger partial charge on any atom is -0.490 e. The number of benzene rings is 3. The highest BCUT2D eigenvalue weighted by Gasteiger charge is 2.39. The van der Waals surface area contributed by atoms with Gasteiger partial charge in [0.05, 0.1) is 23.9 Å². The van der Waals surface area contributed by atoms with Crippen molar-refractivity contribution in [3.05, 3.63) is 89.0 Å². The molecule has 1 fully saturated rings. The molecule has 3 aromatic carbocycles. The van der Waals surface area contributed by atoms with Gasteiger partial charge in [0.25, 0.3) is 5.91 Å². The number of rotatable bonds is 11. The lowest BCUT2D eigenvalue weighted by Gasteiger charge is -2.26. The van der Waals surface area contributed by atoms with Crippen LogP contribution in [0, 0.1) is 11.6 Å². The van der Waals surface area contributed by atoms with E-state index in [9.17, 15) is 28.0 Å². The maximum Gasteiger partial charge on any atom is 0.411 e. The highest BCUT2D eigenvalue weighted by Crippen LogP contribution is 2.37. The summed E-state index contributed by atoms with van der Waals surface area (Å²) in [6, 6.07) is 10.6. The van der Waals surface area contributed by atoms with Gasteiger partial charge in [0.2, 0.25) is 0 Å². The number of hydrogen-bond donors (Lipinski definition) is 1. The van der Waals surface area contributed by atoms with Gasteiger partial charge in [0, 0.05) is 50.1 Å². The fourth-order valence-corrected chi connectivity index (χ4v) is 5.91. The van der Waals surface area contributed by atoms with E-state index in [1.54, 1.807) is 37.3 Å². The number of hydrogen-bond acceptors (Lipinski definition) is 8. The number of amides is 2. The first-order chi connectivity index (χ1) is 23.5. The van der Waals surface area contributed by atoms with E-state index in [0.717, 1.165) is 12.1 Å². The van der Waals surface area contributed by atoms with Crippen molar-refractivity contribution in [1.82, 2.24) is 4.90 Å². The van der Waals surface area contributed by atoms with Gasteiger partial charge < -0.3 is 23.8 Å². The maximum atomic E-state index is 13.9. The molecule has 12 heteroatoms. The molecule has 1 unspecified atom stereocenters. The average Bonchev–Trinajstić information content (AvgIpc) is 3.43. The topological polar surface area (TPSA) is 120 Å². The zero-order valence-corrected chi connectivity index (χ0v) is 27.4. The minimum atomic E-state index is -1.05. The van der Waals surface area contributed by atoms with E-state index in [4.69, 9.17) is 18.9 Å². The maximum absolute atomic E-state index is 13.9. The first-order valence-electron chi connectivity index (χ1n) is 16.0. The molecule has 0 aromatic heterocycles. The quantitative estimate of drug-likeness (QED) is 0.209. The number of halogens is 2. The molecule has 1 saturated carbocycles. The van der Waals surface area contributed by atoms with E-state index in [-0.39, 0.29) is 73.7 Å². The largest absolute Gasteiger partial charge is 0.490 e. The Morgan fingerprint density at radius 2 is 1.71 bits per heavy atom. The zero-order chi connectivity index (χ0) is 35.1. The Bertz CT molecular complexity index is 1780. The third kappa shape index (κ3) is 8.50. The summed E-state index contributed by atoms with van der Waals surface area (Å²) < 4.78 is 49.3. The first-order valence-corrected chi connectivity index (χ1v) is 16.0. The second kappa shape index (κ2) is 15.9. The molecule has 2 amide bonds. The Labute approximate surface area is 283 Å². The number of methoxy groups -OCH3 is 1. The molecule has 5 rings (SSSR count). The SMILES string of the molecule is C=C(C)c1cc(Oc2ccc(F)c(F)c2)ccc1NC(=O)OCc1ccc2c(c1OCCOC)C(=O)N(C1CCC(=O)CCCCC1=O)C2. The van der Waals surface area contributed by atoms with Crippen molar-refractivity contribution in [3.63, 3.8) is 0 Å². The summed E-state index contributed by atoms with van der Waals surface area (Å²) in [5.74, 6) is -1.75. The summed E-state index contributed by atoms with van der Waals surface area (Å²) >= 11 is 0. The van der Waals surface area contributed by atoms with Crippen molar-refractivity contribution in [2.45, 2.75) is 64.6 Å². The van der Waals surface area contributed by atoms with E-state index in [0.29, 0.717) is 59.4 Å². The second-order valence-electron chi connectivity index (χ2n) is 12.0. The molecule has 258 valence electrons. The Hall–Kier alpha value is -5.10. The fraction of sp³-hybridized carbons (Fsp3) is 0.351. The Morgan fingerprint density at radius 3 is 2.47 bits per heavy atom. The number of ketones is 2. The van der Waals surface area contributed by atoms with E-state index < -0.39 is 23.8 Å². The third-order valence-corrected chi connectivity index (χ3v) is 8.42. The molecule has 49 heavy (non-hydrogen) atoms. The normalized spacial score (nSPS) is 16.4. The van der Waals surface area contributed by atoms with Crippen molar-refractivity contribution in [3.8, 4) is 17.2 Å². The Kier molecular flexibility index (Phi) is 11.4. The molecule has 1 atom stereocenters. The summed E-state index contributed by atoms with van der Waals surface area (Å²) in [6.07, 6.45) is 1.73. The number of nitrogens with zero attached hydrogens (tertiary/aromatic N) is 1. The van der Waals surface area contributed by atoms with Crippen LogP contribution in [0.5, 0.6) is 17.2 Å². The lowest BCUT2D eigenvalue weighted by Crippen LogP contribution is -2.41. The molecule has 2 aliphatic rings. The van der Waals surface area contributed by atoms with Gasteiger partial charge in [-0.1, -0.05) is 18.7 Å². The van der Waals surface area contributed by atoms with Crippen LogP contribution < -0.4 is 14.8 Å². The van der Waals surface area contributed by atoms with E-state index in [1.165, 1.54) is 18.1 Å². The summed E-state index contributed by atoms with van der Waals surface area (Å²) in [5, 5.41) is 2.69. The molecule has 0 radical (unpaired) electrons. The van der Waals surface area contributed by atoms with Gasteiger partial charge in [0.1, 0.15) is 36.2 Å². The lowest BCUT2D eigenvalue weighted by atomic mass is 10.0. The number of Topliss-reactive ketones (excluding diaryl/α,β-unsaturated/α-hetero) is 2. The van der Waals surface area contributed by atoms with E-state index in [1.807, 2.05) is 0 Å². The zero-order valence-electron chi connectivity index (χ0n) is 27.4. The monoisotopic (exact) mass is 676 g/mol. The van der Waals surface area contributed by atoms with Crippen LogP contribution in [-0.4, -0.2) is 54.8 Å². The van der Waals surface area contributed by atoms with Crippen LogP contribution in [0.3, 0.4) is 0 Å². The molecule has 1 aliphatic heterocycles. The molecular formula is C37H38F2N2O8. The van der Waals surface area contributed by atoms with Crippen molar-refractivity contribution < 1.29 is 46.9 Å². The summed E-state index contributed by atoms with van der Waals surface area (Å²) in [6.45, 7) is 5.99. The van der Waals surface area contributed by atoms with Crippen LogP contribution >= 0.6 is 0 Å². The van der Waals surface area contributed by atoms with Gasteiger partial charge in [-0.05, 0) is 67.7 Å². The number of carbonyl (C=O) groups excluding carboxylic acids is 4. The molecule has 3 aromatic rings. The van der Waals surface area contributed by atoms with Crippen molar-refractivity contribution in [2.75, 3.05) is 25.6 Å². The van der Waals surface area contributed by atoms with Crippen LogP contribution in [0.25, 0.3) is 5.57 Å². The number of allylic oxidation sites excluding steroid dienone is 1. The predicted molar refractivity (Wildman–Crippen MR) is 177 cm³/mol. The van der Waals surface area contributed by atoms with Crippen LogP contribution in [0.4, 0.5) is 19.3 Å². The van der Waals surface area contributed by atoms with Gasteiger partial charge in [-0.3, -0.25) is 19.7 Å². The summed E-state index contributed by atoms with van der Waals surface area (Å²) in [5.41, 5.74) is 2.87. The highest BCUT2D eigenvalue weighted by atomic mass is 19.2. The molecule has 0 spiro atoms. The molecule has 1 aliphatic carbocycles. The van der Waals surface area contributed by atoms with Gasteiger partial charge in [-0.2, -0.15) is 0 Å². The minimum absolute atomic E-state index is 0.0592. The second-order valence-corrected chi connectivity index (χ2v) is 12.0. The molecule has 0 saturated heterocycles. The van der Waals surface area contributed by atoms with Crippen LogP contribution in [0.2, 0.25) is 0 Å². The third-order valence-electron chi connectivity index (χ3n) is 8.42. The van der Waals surface area contributed by atoms with Gasteiger partial charge in [-0.15, -0.1) is 0 Å². The van der Waals surface area contributed by atoms with Crippen molar-refractivity contribution >= 4 is 34.8 Å². The summed E-state index contributed by atoms with van der Waals surface area (Å²) in [4.78, 5) is 53.8. The molecule has 0 bridgehead atoms.